The third-order valence-electron chi connectivity index (χ3n) is 5.79. The summed E-state index contributed by atoms with van der Waals surface area (Å²) < 4.78 is 33.5. The maximum atomic E-state index is 13.4. The molecule has 1 aromatic carbocycles. The lowest BCUT2D eigenvalue weighted by molar-refractivity contribution is 0.206. The molecule has 0 unspecified atom stereocenters. The van der Waals surface area contributed by atoms with E-state index < -0.39 is 10.0 Å². The first-order valence-corrected chi connectivity index (χ1v) is 10.4. The van der Waals surface area contributed by atoms with Gasteiger partial charge in [0.05, 0.1) is 0 Å². The third-order valence-corrected chi connectivity index (χ3v) is 7.83. The Morgan fingerprint density at radius 3 is 2.52 bits per heavy atom. The van der Waals surface area contributed by atoms with Crippen LogP contribution in [0, 0.1) is 13.8 Å². The lowest BCUT2D eigenvalue weighted by Gasteiger charge is -2.46. The Bertz CT molecular complexity index is 876. The summed E-state index contributed by atoms with van der Waals surface area (Å²) in [6, 6.07) is 8.34. The molecule has 6 heteroatoms. The smallest absolute Gasteiger partial charge is 0.248 e. The van der Waals surface area contributed by atoms with Gasteiger partial charge in [0.1, 0.15) is 10.6 Å². The van der Waals surface area contributed by atoms with E-state index in [0.29, 0.717) is 24.5 Å². The molecule has 0 amide bonds. The summed E-state index contributed by atoms with van der Waals surface area (Å²) in [5.74, 6) is 0.369. The lowest BCUT2D eigenvalue weighted by atomic mass is 9.66. The fourth-order valence-corrected chi connectivity index (χ4v) is 6.44. The second-order valence-corrected chi connectivity index (χ2v) is 9.30. The number of sulfonamides is 1. The zero-order valence-electron chi connectivity index (χ0n) is 14.8. The molecule has 1 fully saturated rings. The second-order valence-electron chi connectivity index (χ2n) is 7.42. The summed E-state index contributed by atoms with van der Waals surface area (Å²) in [7, 11) is -3.62. The van der Waals surface area contributed by atoms with Crippen molar-refractivity contribution in [2.75, 3.05) is 6.54 Å². The van der Waals surface area contributed by atoms with Crippen molar-refractivity contribution < 1.29 is 12.9 Å². The Balaban J connectivity index is 1.81. The van der Waals surface area contributed by atoms with Crippen LogP contribution >= 0.6 is 0 Å². The van der Waals surface area contributed by atoms with Crippen LogP contribution in [-0.2, 0) is 22.0 Å². The van der Waals surface area contributed by atoms with Crippen LogP contribution in [0.1, 0.15) is 54.7 Å². The van der Waals surface area contributed by atoms with E-state index in [1.54, 1.807) is 18.2 Å². The number of rotatable bonds is 2. The molecule has 2 heterocycles. The van der Waals surface area contributed by atoms with Crippen molar-refractivity contribution >= 4 is 10.0 Å². The van der Waals surface area contributed by atoms with Gasteiger partial charge in [0.15, 0.2) is 5.76 Å². The fourth-order valence-electron chi connectivity index (χ4n) is 4.64. The van der Waals surface area contributed by atoms with Gasteiger partial charge in [-0.2, -0.15) is 4.31 Å². The molecule has 4 rings (SSSR count). The van der Waals surface area contributed by atoms with Crippen LogP contribution in [0.25, 0.3) is 0 Å². The van der Waals surface area contributed by atoms with E-state index >= 15 is 0 Å². The minimum atomic E-state index is -3.62. The van der Waals surface area contributed by atoms with Crippen molar-refractivity contribution in [2.24, 2.45) is 0 Å². The van der Waals surface area contributed by atoms with Gasteiger partial charge in [-0.3, -0.25) is 0 Å². The van der Waals surface area contributed by atoms with Gasteiger partial charge in [-0.15, -0.1) is 0 Å². The van der Waals surface area contributed by atoms with Crippen LogP contribution in [0.2, 0.25) is 0 Å². The molecular formula is C19H24N2O3S. The monoisotopic (exact) mass is 360 g/mol. The summed E-state index contributed by atoms with van der Waals surface area (Å²) >= 11 is 0. The van der Waals surface area contributed by atoms with E-state index in [1.165, 1.54) is 12.0 Å². The quantitative estimate of drug-likeness (QED) is 0.819. The van der Waals surface area contributed by atoms with Gasteiger partial charge in [-0.1, -0.05) is 48.7 Å². The van der Waals surface area contributed by atoms with Crippen molar-refractivity contribution in [1.82, 2.24) is 9.46 Å². The summed E-state index contributed by atoms with van der Waals surface area (Å²) in [5.41, 5.74) is 2.86. The first-order valence-electron chi connectivity index (χ1n) is 8.95. The number of benzene rings is 1. The van der Waals surface area contributed by atoms with Gasteiger partial charge in [0.25, 0.3) is 0 Å². The summed E-state index contributed by atoms with van der Waals surface area (Å²) in [6.07, 6.45) is 5.66. The fraction of sp³-hybridized carbons (Fsp3) is 0.526. The highest BCUT2D eigenvalue weighted by Crippen LogP contribution is 2.45. The maximum absolute atomic E-state index is 13.4. The van der Waals surface area contributed by atoms with Crippen molar-refractivity contribution in [1.29, 1.82) is 0 Å². The zero-order chi connectivity index (χ0) is 17.7. The molecule has 2 aromatic rings. The van der Waals surface area contributed by atoms with E-state index in [0.717, 1.165) is 31.2 Å². The van der Waals surface area contributed by atoms with E-state index in [2.05, 4.69) is 23.4 Å². The molecule has 0 atom stereocenters. The van der Waals surface area contributed by atoms with E-state index in [4.69, 9.17) is 4.52 Å². The molecule has 0 bridgehead atoms. The summed E-state index contributed by atoms with van der Waals surface area (Å²) in [5, 5.41) is 3.84. The zero-order valence-corrected chi connectivity index (χ0v) is 15.6. The predicted molar refractivity (Wildman–Crippen MR) is 94.8 cm³/mol. The van der Waals surface area contributed by atoms with Gasteiger partial charge >= 0.3 is 0 Å². The van der Waals surface area contributed by atoms with Crippen molar-refractivity contribution in [2.45, 2.75) is 62.8 Å². The maximum Gasteiger partial charge on any atom is 0.248 e. The molecule has 25 heavy (non-hydrogen) atoms. The molecule has 0 radical (unpaired) electrons. The molecule has 1 spiro atoms. The van der Waals surface area contributed by atoms with Crippen LogP contribution in [-0.4, -0.2) is 24.4 Å². The number of hydrogen-bond acceptors (Lipinski definition) is 4. The molecular weight excluding hydrogens is 336 g/mol. The third kappa shape index (κ3) is 2.62. The Morgan fingerprint density at radius 2 is 1.84 bits per heavy atom. The Hall–Kier alpha value is -1.66. The van der Waals surface area contributed by atoms with E-state index in [9.17, 15) is 8.42 Å². The average molecular weight is 360 g/mol. The highest BCUT2D eigenvalue weighted by Gasteiger charge is 2.44. The molecule has 1 aromatic heterocycles. The predicted octanol–water partition coefficient (Wildman–Crippen LogP) is 3.70. The number of aromatic nitrogens is 1. The van der Waals surface area contributed by atoms with Crippen molar-refractivity contribution in [3.8, 4) is 0 Å². The normalized spacial score (nSPS) is 20.6. The van der Waals surface area contributed by atoms with Gasteiger partial charge in [0.2, 0.25) is 10.0 Å². The van der Waals surface area contributed by atoms with Crippen LogP contribution in [0.3, 0.4) is 0 Å². The first-order chi connectivity index (χ1) is 11.9. The van der Waals surface area contributed by atoms with Crippen molar-refractivity contribution in [3.63, 3.8) is 0 Å². The minimum Gasteiger partial charge on any atom is -0.360 e. The number of hydrogen-bond donors (Lipinski definition) is 0. The first kappa shape index (κ1) is 16.8. The Labute approximate surface area is 149 Å². The number of fused-ring (bicyclic) bond motifs is 2. The van der Waals surface area contributed by atoms with Gasteiger partial charge in [0, 0.05) is 18.5 Å². The minimum absolute atomic E-state index is 0.0564. The Kier molecular flexibility index (Phi) is 4.00. The SMILES string of the molecule is Cc1noc(C)c1S(=O)(=O)N1Cc2ccccc2C2(CCCCC2)C1. The second kappa shape index (κ2) is 5.95. The van der Waals surface area contributed by atoms with Crippen LogP contribution in [0.15, 0.2) is 33.7 Å². The summed E-state index contributed by atoms with van der Waals surface area (Å²) in [4.78, 5) is 0.234. The molecule has 2 aliphatic rings. The van der Waals surface area contributed by atoms with E-state index in [-0.39, 0.29) is 10.3 Å². The standard InChI is InChI=1S/C19H24N2O3S/c1-14-18(15(2)24-20-14)25(22,23)21-12-16-8-4-5-9-17(16)19(13-21)10-6-3-7-11-19/h4-5,8-9H,3,6-7,10-13H2,1-2H3. The van der Waals surface area contributed by atoms with Gasteiger partial charge in [-0.25, -0.2) is 8.42 Å². The molecule has 0 saturated heterocycles. The molecule has 0 N–H and O–H groups in total. The average Bonchev–Trinajstić information content (AvgIpc) is 2.95. The van der Waals surface area contributed by atoms with Gasteiger partial charge < -0.3 is 4.52 Å². The largest absolute Gasteiger partial charge is 0.360 e. The summed E-state index contributed by atoms with van der Waals surface area (Å²) in [6.45, 7) is 4.33. The number of nitrogens with zero attached hydrogens (tertiary/aromatic N) is 2. The lowest BCUT2D eigenvalue weighted by Crippen LogP contribution is -2.49. The molecule has 1 saturated carbocycles. The van der Waals surface area contributed by atoms with E-state index in [1.807, 2.05) is 6.07 Å². The van der Waals surface area contributed by atoms with Crippen LogP contribution < -0.4 is 0 Å². The molecule has 1 aliphatic carbocycles. The van der Waals surface area contributed by atoms with Crippen molar-refractivity contribution in [3.05, 3.63) is 46.8 Å². The highest BCUT2D eigenvalue weighted by molar-refractivity contribution is 7.89. The van der Waals surface area contributed by atoms with Gasteiger partial charge in [-0.05, 0) is 37.8 Å². The molecule has 5 nitrogen and oxygen atoms in total. The number of aryl methyl sites for hydroxylation is 2. The molecule has 1 aliphatic heterocycles. The highest BCUT2D eigenvalue weighted by atomic mass is 32.2. The molecule has 134 valence electrons. The van der Waals surface area contributed by atoms with Crippen LogP contribution in [0.4, 0.5) is 0 Å². The Morgan fingerprint density at radius 1 is 1.12 bits per heavy atom. The van der Waals surface area contributed by atoms with Crippen LogP contribution in [0.5, 0.6) is 0 Å². The topological polar surface area (TPSA) is 63.4 Å².